The number of carbonyl (C=O) groups is 1. The summed E-state index contributed by atoms with van der Waals surface area (Å²) in [6.45, 7) is 4.37. The third kappa shape index (κ3) is 2.85. The zero-order valence-corrected chi connectivity index (χ0v) is 9.65. The monoisotopic (exact) mass is 219 g/mol. The number of rotatable bonds is 3. The Labute approximate surface area is 95.7 Å². The van der Waals surface area contributed by atoms with E-state index in [1.165, 1.54) is 19.3 Å². The predicted octanol–water partition coefficient (Wildman–Crippen LogP) is 1.45. The fourth-order valence-electron chi connectivity index (χ4n) is 2.01. The number of nitrogens with zero attached hydrogens (tertiary/aromatic N) is 3. The second kappa shape index (κ2) is 5.16. The standard InChI is InChI=1S/C12H17N3O/c1-10-13-6-5-11(14-10)12(16)9-15-7-3-2-4-8-15/h5-6H,2-4,7-9H2,1H3. The maximum Gasteiger partial charge on any atom is 0.195 e. The van der Waals surface area contributed by atoms with Crippen molar-refractivity contribution < 1.29 is 4.79 Å². The third-order valence-corrected chi connectivity index (χ3v) is 2.88. The summed E-state index contributed by atoms with van der Waals surface area (Å²) in [5.74, 6) is 0.761. The molecule has 0 aliphatic carbocycles. The van der Waals surface area contributed by atoms with Crippen LogP contribution in [0.1, 0.15) is 35.6 Å². The molecule has 0 saturated carbocycles. The molecule has 4 nitrogen and oxygen atoms in total. The number of likely N-dealkylation sites (tertiary alicyclic amines) is 1. The van der Waals surface area contributed by atoms with Crippen LogP contribution in [0.25, 0.3) is 0 Å². The molecule has 16 heavy (non-hydrogen) atoms. The first-order valence-electron chi connectivity index (χ1n) is 5.81. The van der Waals surface area contributed by atoms with Crippen LogP contribution < -0.4 is 0 Å². The van der Waals surface area contributed by atoms with Crippen molar-refractivity contribution in [1.82, 2.24) is 14.9 Å². The number of Topliss-reactive ketones (excluding diaryl/α,β-unsaturated/α-hetero) is 1. The number of hydrogen-bond acceptors (Lipinski definition) is 4. The lowest BCUT2D eigenvalue weighted by atomic mass is 10.1. The van der Waals surface area contributed by atoms with Crippen LogP contribution in [0.3, 0.4) is 0 Å². The molecule has 1 aliphatic heterocycles. The molecule has 4 heteroatoms. The molecule has 1 aliphatic rings. The van der Waals surface area contributed by atoms with E-state index in [0.717, 1.165) is 13.1 Å². The van der Waals surface area contributed by atoms with E-state index in [4.69, 9.17) is 0 Å². The number of aryl methyl sites for hydroxylation is 1. The Morgan fingerprint density at radius 2 is 2.12 bits per heavy atom. The number of hydrogen-bond donors (Lipinski definition) is 0. The molecule has 0 atom stereocenters. The number of piperidine rings is 1. The van der Waals surface area contributed by atoms with Gasteiger partial charge in [0, 0.05) is 6.20 Å². The van der Waals surface area contributed by atoms with E-state index in [1.54, 1.807) is 19.2 Å². The molecule has 86 valence electrons. The predicted molar refractivity (Wildman–Crippen MR) is 61.4 cm³/mol. The van der Waals surface area contributed by atoms with Gasteiger partial charge < -0.3 is 0 Å². The molecular weight excluding hydrogens is 202 g/mol. The van der Waals surface area contributed by atoms with Gasteiger partial charge in [-0.3, -0.25) is 9.69 Å². The molecule has 0 N–H and O–H groups in total. The van der Waals surface area contributed by atoms with Crippen molar-refractivity contribution in [3.63, 3.8) is 0 Å². The molecule has 0 amide bonds. The van der Waals surface area contributed by atoms with Crippen LogP contribution in [0.2, 0.25) is 0 Å². The van der Waals surface area contributed by atoms with Gasteiger partial charge in [-0.1, -0.05) is 6.42 Å². The van der Waals surface area contributed by atoms with Crippen LogP contribution in [0, 0.1) is 6.92 Å². The zero-order chi connectivity index (χ0) is 11.4. The summed E-state index contributed by atoms with van der Waals surface area (Å²) in [7, 11) is 0. The van der Waals surface area contributed by atoms with Crippen LogP contribution in [-0.2, 0) is 0 Å². The van der Waals surface area contributed by atoms with Crippen LogP contribution in [0.5, 0.6) is 0 Å². The molecule has 2 rings (SSSR count). The first-order chi connectivity index (χ1) is 7.75. The first-order valence-corrected chi connectivity index (χ1v) is 5.81. The average Bonchev–Trinajstić information content (AvgIpc) is 2.30. The molecule has 0 unspecified atom stereocenters. The van der Waals surface area contributed by atoms with Crippen LogP contribution in [0.4, 0.5) is 0 Å². The van der Waals surface area contributed by atoms with E-state index in [-0.39, 0.29) is 5.78 Å². The molecule has 1 fully saturated rings. The minimum Gasteiger partial charge on any atom is -0.296 e. The molecular formula is C12H17N3O. The SMILES string of the molecule is Cc1nccc(C(=O)CN2CCCCC2)n1. The van der Waals surface area contributed by atoms with Crippen molar-refractivity contribution in [2.24, 2.45) is 0 Å². The highest BCUT2D eigenvalue weighted by Gasteiger charge is 2.15. The summed E-state index contributed by atoms with van der Waals surface area (Å²) in [5, 5.41) is 0. The molecule has 1 aromatic heterocycles. The summed E-state index contributed by atoms with van der Waals surface area (Å²) in [6.07, 6.45) is 5.34. The highest BCUT2D eigenvalue weighted by Crippen LogP contribution is 2.09. The van der Waals surface area contributed by atoms with E-state index < -0.39 is 0 Å². The van der Waals surface area contributed by atoms with Crippen LogP contribution in [-0.4, -0.2) is 40.3 Å². The van der Waals surface area contributed by atoms with Gasteiger partial charge >= 0.3 is 0 Å². The topological polar surface area (TPSA) is 46.1 Å². The van der Waals surface area contributed by atoms with Gasteiger partial charge in [0.2, 0.25) is 0 Å². The van der Waals surface area contributed by atoms with Crippen molar-refractivity contribution in [1.29, 1.82) is 0 Å². The lowest BCUT2D eigenvalue weighted by Crippen LogP contribution is -2.34. The normalized spacial score (nSPS) is 17.3. The molecule has 0 radical (unpaired) electrons. The zero-order valence-electron chi connectivity index (χ0n) is 9.65. The molecule has 1 aromatic rings. The maximum absolute atomic E-state index is 11.9. The Hall–Kier alpha value is -1.29. The number of aromatic nitrogens is 2. The summed E-state index contributed by atoms with van der Waals surface area (Å²) in [5.41, 5.74) is 0.540. The lowest BCUT2D eigenvalue weighted by molar-refractivity contribution is 0.0910. The molecule has 2 heterocycles. The Balaban J connectivity index is 1.97. The minimum absolute atomic E-state index is 0.104. The van der Waals surface area contributed by atoms with Gasteiger partial charge in [-0.25, -0.2) is 9.97 Å². The average molecular weight is 219 g/mol. The summed E-state index contributed by atoms with van der Waals surface area (Å²) in [6, 6.07) is 1.69. The second-order valence-corrected chi connectivity index (χ2v) is 4.25. The van der Waals surface area contributed by atoms with Crippen molar-refractivity contribution >= 4 is 5.78 Å². The minimum atomic E-state index is 0.104. The van der Waals surface area contributed by atoms with E-state index >= 15 is 0 Å². The summed E-state index contributed by atoms with van der Waals surface area (Å²) < 4.78 is 0. The maximum atomic E-state index is 11.9. The fourth-order valence-corrected chi connectivity index (χ4v) is 2.01. The van der Waals surface area contributed by atoms with Crippen LogP contribution >= 0.6 is 0 Å². The smallest absolute Gasteiger partial charge is 0.195 e. The van der Waals surface area contributed by atoms with E-state index in [9.17, 15) is 4.79 Å². The summed E-state index contributed by atoms with van der Waals surface area (Å²) >= 11 is 0. The van der Waals surface area contributed by atoms with Crippen molar-refractivity contribution in [3.8, 4) is 0 Å². The van der Waals surface area contributed by atoms with Gasteiger partial charge in [0.25, 0.3) is 0 Å². The molecule has 0 aromatic carbocycles. The summed E-state index contributed by atoms with van der Waals surface area (Å²) in [4.78, 5) is 22.3. The van der Waals surface area contributed by atoms with Gasteiger partial charge in [-0.2, -0.15) is 0 Å². The Kier molecular flexibility index (Phi) is 3.62. The van der Waals surface area contributed by atoms with E-state index in [1.807, 2.05) is 0 Å². The number of carbonyl (C=O) groups excluding carboxylic acids is 1. The third-order valence-electron chi connectivity index (χ3n) is 2.88. The van der Waals surface area contributed by atoms with Gasteiger partial charge in [-0.05, 0) is 38.9 Å². The molecule has 0 spiro atoms. The van der Waals surface area contributed by atoms with Gasteiger partial charge in [0.15, 0.2) is 5.78 Å². The van der Waals surface area contributed by atoms with Crippen molar-refractivity contribution in [2.75, 3.05) is 19.6 Å². The van der Waals surface area contributed by atoms with Crippen molar-refractivity contribution in [3.05, 3.63) is 23.8 Å². The van der Waals surface area contributed by atoms with Crippen LogP contribution in [0.15, 0.2) is 12.3 Å². The quantitative estimate of drug-likeness (QED) is 0.722. The highest BCUT2D eigenvalue weighted by molar-refractivity contribution is 5.95. The Morgan fingerprint density at radius 1 is 1.38 bits per heavy atom. The number of ketones is 1. The fraction of sp³-hybridized carbons (Fsp3) is 0.583. The molecule has 0 bridgehead atoms. The second-order valence-electron chi connectivity index (χ2n) is 4.25. The van der Waals surface area contributed by atoms with E-state index in [2.05, 4.69) is 14.9 Å². The first kappa shape index (κ1) is 11.2. The van der Waals surface area contributed by atoms with Gasteiger partial charge in [0.1, 0.15) is 11.5 Å². The Morgan fingerprint density at radius 3 is 2.81 bits per heavy atom. The van der Waals surface area contributed by atoms with Crippen molar-refractivity contribution in [2.45, 2.75) is 26.2 Å². The van der Waals surface area contributed by atoms with E-state index in [0.29, 0.717) is 18.1 Å². The molecule has 1 saturated heterocycles. The largest absolute Gasteiger partial charge is 0.296 e. The van der Waals surface area contributed by atoms with Gasteiger partial charge in [0.05, 0.1) is 6.54 Å². The highest BCUT2D eigenvalue weighted by atomic mass is 16.1. The van der Waals surface area contributed by atoms with Gasteiger partial charge in [-0.15, -0.1) is 0 Å². The Bertz CT molecular complexity index is 372. The lowest BCUT2D eigenvalue weighted by Gasteiger charge is -2.25.